The number of aromatic hydroxyl groups is 1. The minimum atomic E-state index is -4.55. The number of fused-ring (bicyclic) bond motifs is 1. The summed E-state index contributed by atoms with van der Waals surface area (Å²) in [5, 5.41) is 23.5. The molecule has 224 valence electrons. The van der Waals surface area contributed by atoms with Gasteiger partial charge in [0.1, 0.15) is 5.69 Å². The van der Waals surface area contributed by atoms with E-state index < -0.39 is 36.7 Å². The highest BCUT2D eigenvalue weighted by Crippen LogP contribution is 2.40. The third-order valence-corrected chi connectivity index (χ3v) is 9.12. The van der Waals surface area contributed by atoms with Gasteiger partial charge in [-0.15, -0.1) is 5.11 Å². The van der Waals surface area contributed by atoms with Crippen LogP contribution >= 0.6 is 0 Å². The Labute approximate surface area is 253 Å². The van der Waals surface area contributed by atoms with Crippen molar-refractivity contribution in [3.8, 4) is 5.75 Å². The zero-order valence-corrected chi connectivity index (χ0v) is 25.0. The van der Waals surface area contributed by atoms with Gasteiger partial charge in [0.15, 0.2) is 5.75 Å². The lowest BCUT2D eigenvalue weighted by atomic mass is 10.0. The van der Waals surface area contributed by atoms with Crippen LogP contribution in [0.2, 0.25) is 0 Å². The van der Waals surface area contributed by atoms with Gasteiger partial charge in [-0.1, -0.05) is 54.6 Å². The predicted octanol–water partition coefficient (Wildman–Crippen LogP) is 6.88. The van der Waals surface area contributed by atoms with Crippen LogP contribution in [0, 0.1) is 13.8 Å². The van der Waals surface area contributed by atoms with E-state index in [1.807, 2.05) is 19.1 Å². The van der Waals surface area contributed by atoms with Crippen LogP contribution in [-0.2, 0) is 20.1 Å². The Morgan fingerprint density at radius 2 is 1.50 bits per heavy atom. The summed E-state index contributed by atoms with van der Waals surface area (Å²) >= 11 is 0. The molecule has 0 aliphatic carbocycles. The van der Waals surface area contributed by atoms with Gasteiger partial charge in [0.05, 0.1) is 26.7 Å². The minimum absolute atomic E-state index is 0.0168. The Kier molecular flexibility index (Phi) is 8.19. The van der Waals surface area contributed by atoms with Crippen molar-refractivity contribution in [3.63, 3.8) is 0 Å². The molecule has 11 nitrogen and oxygen atoms in total. The Balaban J connectivity index is 1.50. The van der Waals surface area contributed by atoms with Crippen LogP contribution in [0.3, 0.4) is 0 Å². The van der Waals surface area contributed by atoms with Crippen LogP contribution in [0.1, 0.15) is 21.5 Å². The first-order valence-electron chi connectivity index (χ1n) is 13.1. The van der Waals surface area contributed by atoms with E-state index in [0.29, 0.717) is 22.0 Å². The third kappa shape index (κ3) is 6.44. The maximum absolute atomic E-state index is 13.3. The van der Waals surface area contributed by atoms with Gasteiger partial charge >= 0.3 is 0 Å². The standard InChI is InChI=1S/C31H26N4O7S2/c1-19-8-3-6-13-27(19)32-31(37)26-16-21-9-4-5-12-25(21)29(30(26)36)34-33-22-15-14-20(2)28(18-22)43(38,39)35-23-10-7-11-24(17-23)44(40,41)42/h3-18,35-36H,1-2H3,(H,32,37)(H,40,41,42). The van der Waals surface area contributed by atoms with Crippen LogP contribution in [-0.4, -0.2) is 32.4 Å². The fourth-order valence-electron chi connectivity index (χ4n) is 4.47. The van der Waals surface area contributed by atoms with Gasteiger partial charge in [0.25, 0.3) is 26.0 Å². The van der Waals surface area contributed by atoms with Crippen molar-refractivity contribution >= 4 is 59.6 Å². The number of azo groups is 1. The summed E-state index contributed by atoms with van der Waals surface area (Å²) in [7, 11) is -8.78. The van der Waals surface area contributed by atoms with Crippen molar-refractivity contribution in [1.82, 2.24) is 0 Å². The lowest BCUT2D eigenvalue weighted by molar-refractivity contribution is 0.102. The van der Waals surface area contributed by atoms with Gasteiger partial charge in [0.2, 0.25) is 0 Å². The number of nitrogens with one attached hydrogen (secondary N) is 2. The van der Waals surface area contributed by atoms with Crippen LogP contribution in [0.15, 0.2) is 117 Å². The van der Waals surface area contributed by atoms with Crippen molar-refractivity contribution in [2.45, 2.75) is 23.6 Å². The molecule has 5 rings (SSSR count). The Bertz CT molecular complexity index is 2180. The van der Waals surface area contributed by atoms with E-state index >= 15 is 0 Å². The van der Waals surface area contributed by atoms with E-state index in [-0.39, 0.29) is 27.5 Å². The topological polar surface area (TPSA) is 175 Å². The molecule has 0 spiro atoms. The molecular formula is C31H26N4O7S2. The average Bonchev–Trinajstić information content (AvgIpc) is 2.97. The van der Waals surface area contributed by atoms with Gasteiger partial charge in [-0.25, -0.2) is 8.42 Å². The minimum Gasteiger partial charge on any atom is -0.505 e. The van der Waals surface area contributed by atoms with Gasteiger partial charge in [-0.2, -0.15) is 13.5 Å². The third-order valence-electron chi connectivity index (χ3n) is 6.74. The van der Waals surface area contributed by atoms with E-state index in [1.165, 1.54) is 30.3 Å². The lowest BCUT2D eigenvalue weighted by Gasteiger charge is -2.13. The highest BCUT2D eigenvalue weighted by atomic mass is 32.2. The van der Waals surface area contributed by atoms with E-state index in [4.69, 9.17) is 0 Å². The molecule has 0 aliphatic rings. The SMILES string of the molecule is Cc1ccccc1NC(=O)c1cc2ccccc2c(N=Nc2ccc(C)c(S(=O)(=O)Nc3cccc(S(=O)(=O)O)c3)c2)c1O. The van der Waals surface area contributed by atoms with E-state index in [2.05, 4.69) is 20.3 Å². The van der Waals surface area contributed by atoms with Crippen molar-refractivity contribution in [3.05, 3.63) is 114 Å². The number of hydrogen-bond acceptors (Lipinski definition) is 8. The van der Waals surface area contributed by atoms with Gasteiger partial charge in [-0.05, 0) is 72.8 Å². The molecule has 0 heterocycles. The first kappa shape index (κ1) is 30.4. The monoisotopic (exact) mass is 630 g/mol. The molecule has 0 aliphatic heterocycles. The molecule has 0 saturated carbocycles. The molecule has 4 N–H and O–H groups in total. The number of carbonyl (C=O) groups is 1. The molecule has 0 bridgehead atoms. The predicted molar refractivity (Wildman–Crippen MR) is 167 cm³/mol. The second-order valence-corrected chi connectivity index (χ2v) is 12.9. The fourth-order valence-corrected chi connectivity index (χ4v) is 6.31. The van der Waals surface area contributed by atoms with Gasteiger partial charge in [0, 0.05) is 11.1 Å². The lowest BCUT2D eigenvalue weighted by Crippen LogP contribution is -2.14. The maximum atomic E-state index is 13.3. The molecule has 0 atom stereocenters. The molecular weight excluding hydrogens is 604 g/mol. The first-order chi connectivity index (χ1) is 20.8. The molecule has 0 fully saturated rings. The second-order valence-electron chi connectivity index (χ2n) is 9.87. The molecule has 13 heteroatoms. The number of nitrogens with zero attached hydrogens (tertiary/aromatic N) is 2. The number of sulfonamides is 1. The summed E-state index contributed by atoms with van der Waals surface area (Å²) in [5.41, 5.74) is 1.83. The van der Waals surface area contributed by atoms with Crippen LogP contribution in [0.25, 0.3) is 10.8 Å². The Morgan fingerprint density at radius 1 is 0.773 bits per heavy atom. The zero-order chi connectivity index (χ0) is 31.6. The summed E-state index contributed by atoms with van der Waals surface area (Å²) in [5.74, 6) is -0.953. The first-order valence-corrected chi connectivity index (χ1v) is 16.0. The second kappa shape index (κ2) is 11.9. The van der Waals surface area contributed by atoms with Crippen molar-refractivity contribution in [2.75, 3.05) is 10.0 Å². The quantitative estimate of drug-likeness (QED) is 0.107. The number of rotatable bonds is 8. The van der Waals surface area contributed by atoms with Crippen LogP contribution in [0.5, 0.6) is 5.75 Å². The number of carbonyl (C=O) groups excluding carboxylic acids is 1. The smallest absolute Gasteiger partial charge is 0.294 e. The van der Waals surface area contributed by atoms with E-state index in [0.717, 1.165) is 17.7 Å². The number of amides is 1. The Hall–Kier alpha value is -5.11. The molecule has 0 aromatic heterocycles. The number of phenolic OH excluding ortho intramolecular Hbond substituents is 1. The summed E-state index contributed by atoms with van der Waals surface area (Å²) in [6.45, 7) is 3.41. The number of anilines is 2. The van der Waals surface area contributed by atoms with E-state index in [1.54, 1.807) is 49.4 Å². The summed E-state index contributed by atoms with van der Waals surface area (Å²) < 4.78 is 61.1. The van der Waals surface area contributed by atoms with Crippen molar-refractivity contribution in [2.24, 2.45) is 10.2 Å². The van der Waals surface area contributed by atoms with Crippen molar-refractivity contribution < 1.29 is 31.3 Å². The molecule has 5 aromatic rings. The maximum Gasteiger partial charge on any atom is 0.294 e. The summed E-state index contributed by atoms with van der Waals surface area (Å²) in [6, 6.07) is 24.8. The molecule has 0 saturated heterocycles. The number of phenols is 1. The largest absolute Gasteiger partial charge is 0.505 e. The Morgan fingerprint density at radius 3 is 2.25 bits per heavy atom. The fraction of sp³-hybridized carbons (Fsp3) is 0.0645. The van der Waals surface area contributed by atoms with Crippen LogP contribution < -0.4 is 10.0 Å². The van der Waals surface area contributed by atoms with E-state index in [9.17, 15) is 31.3 Å². The number of aryl methyl sites for hydroxylation is 2. The number of benzene rings is 5. The highest BCUT2D eigenvalue weighted by Gasteiger charge is 2.21. The van der Waals surface area contributed by atoms with Gasteiger partial charge < -0.3 is 10.4 Å². The summed E-state index contributed by atoms with van der Waals surface area (Å²) in [6.07, 6.45) is 0. The zero-order valence-electron chi connectivity index (χ0n) is 23.4. The average molecular weight is 631 g/mol. The van der Waals surface area contributed by atoms with Crippen molar-refractivity contribution in [1.29, 1.82) is 0 Å². The van der Waals surface area contributed by atoms with Gasteiger partial charge in [-0.3, -0.25) is 14.1 Å². The molecule has 44 heavy (non-hydrogen) atoms. The molecule has 0 unspecified atom stereocenters. The number of para-hydroxylation sites is 1. The molecule has 0 radical (unpaired) electrons. The van der Waals surface area contributed by atoms with Crippen LogP contribution in [0.4, 0.5) is 22.7 Å². The number of hydrogen-bond donors (Lipinski definition) is 4. The molecule has 5 aromatic carbocycles. The summed E-state index contributed by atoms with van der Waals surface area (Å²) in [4.78, 5) is 12.6. The normalized spacial score (nSPS) is 12.0. The highest BCUT2D eigenvalue weighted by molar-refractivity contribution is 7.92. The molecule has 1 amide bonds.